The van der Waals surface area contributed by atoms with Gasteiger partial charge >= 0.3 is 0 Å². The Hall–Kier alpha value is 0.660. The van der Waals surface area contributed by atoms with Crippen LogP contribution >= 0.6 is 43.2 Å². The van der Waals surface area contributed by atoms with Gasteiger partial charge < -0.3 is 0 Å². The minimum Gasteiger partial charge on any atom is -0.152 e. The number of alkyl halides is 2. The van der Waals surface area contributed by atoms with Gasteiger partial charge in [0.1, 0.15) is 0 Å². The Labute approximate surface area is 125 Å². The Kier molecular flexibility index (Phi) is 5.56. The van der Waals surface area contributed by atoms with Crippen molar-refractivity contribution in [2.45, 2.75) is 38.5 Å². The van der Waals surface area contributed by atoms with Crippen molar-refractivity contribution in [3.8, 4) is 0 Å². The van der Waals surface area contributed by atoms with Crippen molar-refractivity contribution in [1.29, 1.82) is 0 Å². The Bertz CT molecular complexity index is 311. The van der Waals surface area contributed by atoms with Crippen LogP contribution in [0.1, 0.15) is 37.7 Å². The van der Waals surface area contributed by atoms with Crippen LogP contribution in [0.4, 0.5) is 0 Å². The maximum Gasteiger partial charge on any atom is 0.00987 e. The molecule has 0 atom stereocenters. The molecule has 1 aromatic heterocycles. The molecular formula is C14H20Br2S. The molecule has 0 spiro atoms. The topological polar surface area (TPSA) is 0 Å². The molecule has 0 bridgehead atoms. The lowest BCUT2D eigenvalue weighted by Crippen LogP contribution is -2.33. The summed E-state index contributed by atoms with van der Waals surface area (Å²) in [7, 11) is 0. The van der Waals surface area contributed by atoms with Crippen LogP contribution in [0, 0.1) is 11.3 Å². The van der Waals surface area contributed by atoms with E-state index in [2.05, 4.69) is 48.7 Å². The second kappa shape index (κ2) is 6.72. The molecule has 96 valence electrons. The lowest BCUT2D eigenvalue weighted by Gasteiger charge is -2.36. The number of hydrogen-bond donors (Lipinski definition) is 0. The van der Waals surface area contributed by atoms with Gasteiger partial charge in [0, 0.05) is 10.7 Å². The summed E-state index contributed by atoms with van der Waals surface area (Å²) < 4.78 is 0. The largest absolute Gasteiger partial charge is 0.152 e. The summed E-state index contributed by atoms with van der Waals surface area (Å²) in [6.45, 7) is 0. The van der Waals surface area contributed by atoms with E-state index in [9.17, 15) is 0 Å². The highest BCUT2D eigenvalue weighted by atomic mass is 79.9. The van der Waals surface area contributed by atoms with Gasteiger partial charge in [0.05, 0.1) is 0 Å². The highest BCUT2D eigenvalue weighted by Gasteiger charge is 2.37. The molecule has 2 rings (SSSR count). The van der Waals surface area contributed by atoms with Crippen molar-refractivity contribution in [1.82, 2.24) is 0 Å². The van der Waals surface area contributed by atoms with E-state index < -0.39 is 0 Å². The van der Waals surface area contributed by atoms with Gasteiger partial charge in [-0.2, -0.15) is 11.3 Å². The third kappa shape index (κ3) is 3.36. The molecule has 0 amide bonds. The Morgan fingerprint density at radius 1 is 1.24 bits per heavy atom. The standard InChI is InChI=1S/C14H20Br2S/c15-10-14(11-16,13-3-1-2-4-13)7-5-12-6-8-17-9-12/h6,8-9,13H,1-5,7,10-11H2. The number of thiophene rings is 1. The number of rotatable bonds is 6. The quantitative estimate of drug-likeness (QED) is 0.560. The molecule has 0 aliphatic heterocycles. The van der Waals surface area contributed by atoms with Gasteiger partial charge in [-0.1, -0.05) is 44.7 Å². The van der Waals surface area contributed by atoms with Gasteiger partial charge in [0.15, 0.2) is 0 Å². The smallest absolute Gasteiger partial charge is 0.00987 e. The van der Waals surface area contributed by atoms with Crippen molar-refractivity contribution < 1.29 is 0 Å². The molecule has 0 aromatic carbocycles. The average molecular weight is 380 g/mol. The molecule has 0 nitrogen and oxygen atoms in total. The van der Waals surface area contributed by atoms with Crippen LogP contribution in [-0.2, 0) is 6.42 Å². The first kappa shape index (κ1) is 14.1. The van der Waals surface area contributed by atoms with Crippen LogP contribution in [0.15, 0.2) is 16.8 Å². The monoisotopic (exact) mass is 378 g/mol. The fraction of sp³-hybridized carbons (Fsp3) is 0.714. The fourth-order valence-electron chi connectivity index (χ4n) is 2.96. The minimum absolute atomic E-state index is 0.471. The molecule has 3 heteroatoms. The Balaban J connectivity index is 2.00. The van der Waals surface area contributed by atoms with Crippen LogP contribution in [0.2, 0.25) is 0 Å². The highest BCUT2D eigenvalue weighted by molar-refractivity contribution is 9.09. The summed E-state index contributed by atoms with van der Waals surface area (Å²) >= 11 is 9.37. The van der Waals surface area contributed by atoms with E-state index in [-0.39, 0.29) is 0 Å². The molecule has 17 heavy (non-hydrogen) atoms. The van der Waals surface area contributed by atoms with E-state index >= 15 is 0 Å². The SMILES string of the molecule is BrCC(CBr)(CCc1ccsc1)C1CCCC1. The second-order valence-corrected chi connectivity index (χ2v) is 7.14. The molecule has 0 saturated heterocycles. The number of halogens is 2. The number of hydrogen-bond acceptors (Lipinski definition) is 1. The van der Waals surface area contributed by atoms with Gasteiger partial charge in [-0.15, -0.1) is 0 Å². The molecular weight excluding hydrogens is 360 g/mol. The van der Waals surface area contributed by atoms with Gasteiger partial charge in [0.2, 0.25) is 0 Å². The van der Waals surface area contributed by atoms with Crippen molar-refractivity contribution in [2.75, 3.05) is 10.7 Å². The van der Waals surface area contributed by atoms with Gasteiger partial charge in [-0.3, -0.25) is 0 Å². The van der Waals surface area contributed by atoms with Crippen LogP contribution in [0.25, 0.3) is 0 Å². The summed E-state index contributed by atoms with van der Waals surface area (Å²) in [6.07, 6.45) is 8.28. The molecule has 0 N–H and O–H groups in total. The third-order valence-electron chi connectivity index (χ3n) is 4.25. The molecule has 1 saturated carbocycles. The first-order valence-electron chi connectivity index (χ1n) is 6.44. The molecule has 1 aliphatic rings. The molecule has 1 aromatic rings. The van der Waals surface area contributed by atoms with E-state index in [1.807, 2.05) is 11.3 Å². The zero-order valence-electron chi connectivity index (χ0n) is 10.1. The molecule has 0 radical (unpaired) electrons. The Morgan fingerprint density at radius 2 is 1.94 bits per heavy atom. The predicted molar refractivity (Wildman–Crippen MR) is 84.6 cm³/mol. The maximum atomic E-state index is 3.78. The molecule has 0 unspecified atom stereocenters. The van der Waals surface area contributed by atoms with E-state index in [4.69, 9.17) is 0 Å². The lowest BCUT2D eigenvalue weighted by atomic mass is 9.74. The average Bonchev–Trinajstić information content (AvgIpc) is 3.04. The summed E-state index contributed by atoms with van der Waals surface area (Å²) in [5.74, 6) is 0.917. The van der Waals surface area contributed by atoms with E-state index in [0.29, 0.717) is 5.41 Å². The van der Waals surface area contributed by atoms with E-state index in [1.54, 1.807) is 0 Å². The second-order valence-electron chi connectivity index (χ2n) is 5.24. The molecule has 1 fully saturated rings. The summed E-state index contributed by atoms with van der Waals surface area (Å²) in [5.41, 5.74) is 1.98. The number of aryl methyl sites for hydroxylation is 1. The van der Waals surface area contributed by atoms with Crippen molar-refractivity contribution in [3.63, 3.8) is 0 Å². The van der Waals surface area contributed by atoms with Crippen molar-refractivity contribution >= 4 is 43.2 Å². The highest BCUT2D eigenvalue weighted by Crippen LogP contribution is 2.45. The van der Waals surface area contributed by atoms with Crippen LogP contribution in [-0.4, -0.2) is 10.7 Å². The predicted octanol–water partition coefficient (Wildman–Crippen LogP) is 5.65. The van der Waals surface area contributed by atoms with Crippen LogP contribution < -0.4 is 0 Å². The summed E-state index contributed by atoms with van der Waals surface area (Å²) in [6, 6.07) is 2.27. The van der Waals surface area contributed by atoms with Crippen molar-refractivity contribution in [2.24, 2.45) is 11.3 Å². The summed E-state index contributed by atoms with van der Waals surface area (Å²) in [4.78, 5) is 0. The van der Waals surface area contributed by atoms with Gasteiger partial charge in [-0.25, -0.2) is 0 Å². The Morgan fingerprint density at radius 3 is 2.47 bits per heavy atom. The normalized spacial score (nSPS) is 17.8. The zero-order chi connectivity index (χ0) is 12.1. The van der Waals surface area contributed by atoms with Crippen LogP contribution in [0.3, 0.4) is 0 Å². The van der Waals surface area contributed by atoms with Gasteiger partial charge in [0.25, 0.3) is 0 Å². The zero-order valence-corrected chi connectivity index (χ0v) is 14.1. The molecule has 1 aliphatic carbocycles. The lowest BCUT2D eigenvalue weighted by molar-refractivity contribution is 0.216. The van der Waals surface area contributed by atoms with E-state index in [0.717, 1.165) is 16.6 Å². The fourth-order valence-corrected chi connectivity index (χ4v) is 6.07. The maximum absolute atomic E-state index is 3.78. The minimum atomic E-state index is 0.471. The van der Waals surface area contributed by atoms with Crippen molar-refractivity contribution in [3.05, 3.63) is 22.4 Å². The summed E-state index contributed by atoms with van der Waals surface area (Å²) in [5, 5.41) is 6.76. The van der Waals surface area contributed by atoms with Crippen LogP contribution in [0.5, 0.6) is 0 Å². The molecule has 1 heterocycles. The van der Waals surface area contributed by atoms with Gasteiger partial charge in [-0.05, 0) is 59.4 Å². The first-order valence-corrected chi connectivity index (χ1v) is 9.62. The third-order valence-corrected chi connectivity index (χ3v) is 7.21. The first-order chi connectivity index (χ1) is 8.30. The van der Waals surface area contributed by atoms with E-state index in [1.165, 1.54) is 44.1 Å².